The van der Waals surface area contributed by atoms with Crippen LogP contribution in [0.1, 0.15) is 54.1 Å². The number of hydrogen-bond acceptors (Lipinski definition) is 2. The molecule has 0 aromatic heterocycles. The van der Waals surface area contributed by atoms with Crippen molar-refractivity contribution in [1.29, 1.82) is 0 Å². The molecule has 2 heteroatoms. The minimum absolute atomic E-state index is 0.287. The summed E-state index contributed by atoms with van der Waals surface area (Å²) in [5.41, 5.74) is 3.24. The van der Waals surface area contributed by atoms with Crippen molar-refractivity contribution in [2.45, 2.75) is 46.5 Å². The first kappa shape index (κ1) is 15.2. The van der Waals surface area contributed by atoms with E-state index >= 15 is 0 Å². The van der Waals surface area contributed by atoms with Crippen molar-refractivity contribution in [2.75, 3.05) is 19.6 Å². The lowest BCUT2D eigenvalue weighted by Gasteiger charge is -2.32. The zero-order valence-corrected chi connectivity index (χ0v) is 13.1. The number of benzene rings is 1. The van der Waals surface area contributed by atoms with Gasteiger partial charge in [-0.15, -0.1) is 0 Å². The van der Waals surface area contributed by atoms with Crippen LogP contribution in [0.25, 0.3) is 0 Å². The molecule has 1 aliphatic rings. The van der Waals surface area contributed by atoms with E-state index in [0.717, 1.165) is 24.6 Å². The molecule has 1 saturated heterocycles. The van der Waals surface area contributed by atoms with Crippen LogP contribution in [0.5, 0.6) is 0 Å². The van der Waals surface area contributed by atoms with E-state index in [0.29, 0.717) is 6.42 Å². The van der Waals surface area contributed by atoms with Gasteiger partial charge in [0.1, 0.15) is 0 Å². The summed E-state index contributed by atoms with van der Waals surface area (Å²) in [6.45, 7) is 9.64. The van der Waals surface area contributed by atoms with Crippen LogP contribution in [0.15, 0.2) is 18.2 Å². The molecule has 0 aliphatic carbocycles. The molecule has 110 valence electrons. The van der Waals surface area contributed by atoms with E-state index in [1.165, 1.54) is 36.9 Å². The van der Waals surface area contributed by atoms with Gasteiger partial charge in [-0.25, -0.2) is 0 Å². The van der Waals surface area contributed by atoms with Gasteiger partial charge in [0, 0.05) is 25.1 Å². The molecule has 1 aromatic rings. The molecule has 0 saturated carbocycles. The van der Waals surface area contributed by atoms with Crippen molar-refractivity contribution < 1.29 is 4.79 Å². The van der Waals surface area contributed by atoms with Crippen LogP contribution in [0.3, 0.4) is 0 Å². The minimum Gasteiger partial charge on any atom is -0.303 e. The van der Waals surface area contributed by atoms with E-state index in [9.17, 15) is 4.79 Å². The average molecular weight is 273 g/mol. The van der Waals surface area contributed by atoms with Gasteiger partial charge in [0.15, 0.2) is 5.78 Å². The third-order valence-corrected chi connectivity index (χ3v) is 4.38. The maximum atomic E-state index is 12.3. The monoisotopic (exact) mass is 273 g/mol. The van der Waals surface area contributed by atoms with E-state index < -0.39 is 0 Å². The van der Waals surface area contributed by atoms with Crippen molar-refractivity contribution >= 4 is 5.78 Å². The summed E-state index contributed by atoms with van der Waals surface area (Å²) in [4.78, 5) is 14.8. The Morgan fingerprint density at radius 2 is 1.95 bits per heavy atom. The Labute approximate surface area is 123 Å². The number of likely N-dealkylation sites (tertiary alicyclic amines) is 1. The second kappa shape index (κ2) is 7.03. The second-order valence-corrected chi connectivity index (χ2v) is 6.27. The van der Waals surface area contributed by atoms with Crippen LogP contribution >= 0.6 is 0 Å². The Hall–Kier alpha value is -1.15. The largest absolute Gasteiger partial charge is 0.303 e. The standard InChI is InChI=1S/C18H27NO/c1-4-16-6-5-8-19(13-16)9-7-18(20)17-11-14(2)10-15(3)12-17/h10-12,16H,4-9,13H2,1-3H3. The van der Waals surface area contributed by atoms with Gasteiger partial charge >= 0.3 is 0 Å². The molecule has 1 unspecified atom stereocenters. The van der Waals surface area contributed by atoms with Gasteiger partial charge in [0.25, 0.3) is 0 Å². The highest BCUT2D eigenvalue weighted by molar-refractivity contribution is 5.96. The van der Waals surface area contributed by atoms with E-state index in [-0.39, 0.29) is 5.78 Å². The molecule has 1 atom stereocenters. The fourth-order valence-electron chi connectivity index (χ4n) is 3.23. The predicted octanol–water partition coefficient (Wildman–Crippen LogP) is 4.00. The van der Waals surface area contributed by atoms with Gasteiger partial charge in [-0.05, 0) is 51.3 Å². The molecule has 0 N–H and O–H groups in total. The van der Waals surface area contributed by atoms with E-state index in [4.69, 9.17) is 0 Å². The number of carbonyl (C=O) groups excluding carboxylic acids is 1. The first-order chi connectivity index (χ1) is 9.58. The normalized spacial score (nSPS) is 20.1. The van der Waals surface area contributed by atoms with Gasteiger partial charge in [0.2, 0.25) is 0 Å². The summed E-state index contributed by atoms with van der Waals surface area (Å²) in [7, 11) is 0. The molecule has 1 heterocycles. The summed E-state index contributed by atoms with van der Waals surface area (Å²) in [5, 5.41) is 0. The van der Waals surface area contributed by atoms with Crippen LogP contribution in [-0.4, -0.2) is 30.3 Å². The molecular formula is C18H27NO. The quantitative estimate of drug-likeness (QED) is 0.756. The van der Waals surface area contributed by atoms with Crippen LogP contribution < -0.4 is 0 Å². The van der Waals surface area contributed by atoms with Crippen molar-refractivity contribution in [3.63, 3.8) is 0 Å². The van der Waals surface area contributed by atoms with E-state index in [2.05, 4.69) is 31.7 Å². The zero-order chi connectivity index (χ0) is 14.5. The first-order valence-corrected chi connectivity index (χ1v) is 7.92. The van der Waals surface area contributed by atoms with Crippen LogP contribution in [0.4, 0.5) is 0 Å². The second-order valence-electron chi connectivity index (χ2n) is 6.27. The summed E-state index contributed by atoms with van der Waals surface area (Å²) < 4.78 is 0. The number of piperidine rings is 1. The Morgan fingerprint density at radius 1 is 1.25 bits per heavy atom. The summed E-state index contributed by atoms with van der Waals surface area (Å²) in [5.74, 6) is 1.12. The van der Waals surface area contributed by atoms with E-state index in [1.54, 1.807) is 0 Å². The topological polar surface area (TPSA) is 20.3 Å². The maximum Gasteiger partial charge on any atom is 0.164 e. The fraction of sp³-hybridized carbons (Fsp3) is 0.611. The lowest BCUT2D eigenvalue weighted by Crippen LogP contribution is -2.36. The van der Waals surface area contributed by atoms with Gasteiger partial charge in [-0.2, -0.15) is 0 Å². The van der Waals surface area contributed by atoms with E-state index in [1.807, 2.05) is 12.1 Å². The first-order valence-electron chi connectivity index (χ1n) is 7.92. The summed E-state index contributed by atoms with van der Waals surface area (Å²) >= 11 is 0. The summed E-state index contributed by atoms with van der Waals surface area (Å²) in [6, 6.07) is 6.15. The molecule has 1 fully saturated rings. The highest BCUT2D eigenvalue weighted by Crippen LogP contribution is 2.19. The molecule has 0 radical (unpaired) electrons. The van der Waals surface area contributed by atoms with Gasteiger partial charge < -0.3 is 4.90 Å². The molecule has 20 heavy (non-hydrogen) atoms. The maximum absolute atomic E-state index is 12.3. The number of ketones is 1. The van der Waals surface area contributed by atoms with Gasteiger partial charge in [0.05, 0.1) is 0 Å². The molecule has 1 aromatic carbocycles. The smallest absolute Gasteiger partial charge is 0.164 e. The van der Waals surface area contributed by atoms with Crippen LogP contribution in [0, 0.1) is 19.8 Å². The number of rotatable bonds is 5. The molecule has 0 spiro atoms. The van der Waals surface area contributed by atoms with Crippen LogP contribution in [0.2, 0.25) is 0 Å². The van der Waals surface area contributed by atoms with Crippen molar-refractivity contribution in [2.24, 2.45) is 5.92 Å². The number of Topliss-reactive ketones (excluding diaryl/α,β-unsaturated/α-hetero) is 1. The molecule has 1 aliphatic heterocycles. The fourth-order valence-corrected chi connectivity index (χ4v) is 3.23. The molecular weight excluding hydrogens is 246 g/mol. The van der Waals surface area contributed by atoms with Crippen molar-refractivity contribution in [3.8, 4) is 0 Å². The average Bonchev–Trinajstić information content (AvgIpc) is 2.44. The number of carbonyl (C=O) groups is 1. The third-order valence-electron chi connectivity index (χ3n) is 4.38. The Bertz CT molecular complexity index is 446. The highest BCUT2D eigenvalue weighted by atomic mass is 16.1. The molecule has 0 bridgehead atoms. The highest BCUT2D eigenvalue weighted by Gasteiger charge is 2.19. The predicted molar refractivity (Wildman–Crippen MR) is 84.3 cm³/mol. The minimum atomic E-state index is 0.287. The number of hydrogen-bond donors (Lipinski definition) is 0. The number of aryl methyl sites for hydroxylation is 2. The SMILES string of the molecule is CCC1CCCN(CCC(=O)c2cc(C)cc(C)c2)C1. The number of nitrogens with zero attached hydrogens (tertiary/aromatic N) is 1. The lowest BCUT2D eigenvalue weighted by molar-refractivity contribution is 0.0945. The Kier molecular flexibility index (Phi) is 5.36. The summed E-state index contributed by atoms with van der Waals surface area (Å²) in [6.07, 6.45) is 4.56. The molecule has 2 nitrogen and oxygen atoms in total. The zero-order valence-electron chi connectivity index (χ0n) is 13.1. The molecule has 0 amide bonds. The van der Waals surface area contributed by atoms with Crippen molar-refractivity contribution in [3.05, 3.63) is 34.9 Å². The lowest BCUT2D eigenvalue weighted by atomic mass is 9.95. The van der Waals surface area contributed by atoms with Gasteiger partial charge in [-0.1, -0.05) is 30.5 Å². The third kappa shape index (κ3) is 4.17. The Morgan fingerprint density at radius 3 is 2.60 bits per heavy atom. The van der Waals surface area contributed by atoms with Gasteiger partial charge in [-0.3, -0.25) is 4.79 Å². The van der Waals surface area contributed by atoms with Crippen LogP contribution in [-0.2, 0) is 0 Å². The Balaban J connectivity index is 1.88. The van der Waals surface area contributed by atoms with Crippen molar-refractivity contribution in [1.82, 2.24) is 4.90 Å². The molecule has 2 rings (SSSR count).